The fourth-order valence-corrected chi connectivity index (χ4v) is 4.73. The van der Waals surface area contributed by atoms with Crippen LogP contribution in [0.1, 0.15) is 10.4 Å². The number of benzene rings is 1. The predicted molar refractivity (Wildman–Crippen MR) is 86.6 cm³/mol. The highest BCUT2D eigenvalue weighted by molar-refractivity contribution is 7.93. The molecule has 1 aromatic carbocycles. The van der Waals surface area contributed by atoms with E-state index in [9.17, 15) is 13.5 Å². The first kappa shape index (κ1) is 15.8. The van der Waals surface area contributed by atoms with Crippen molar-refractivity contribution in [2.24, 2.45) is 0 Å². The van der Waals surface area contributed by atoms with Gasteiger partial charge in [-0.1, -0.05) is 6.07 Å². The van der Waals surface area contributed by atoms with Gasteiger partial charge in [0.15, 0.2) is 0 Å². The van der Waals surface area contributed by atoms with Crippen LogP contribution in [-0.2, 0) is 16.6 Å². The SMILES string of the molecule is Cc1csc(CO)c1S(=O)(=O)Nc1cccc(N(C)C)c1. The van der Waals surface area contributed by atoms with Crippen molar-refractivity contribution in [3.8, 4) is 0 Å². The number of hydrogen-bond donors (Lipinski definition) is 2. The summed E-state index contributed by atoms with van der Waals surface area (Å²) in [5.41, 5.74) is 2.04. The molecule has 7 heteroatoms. The molecule has 1 aromatic heterocycles. The van der Waals surface area contributed by atoms with Gasteiger partial charge in [-0.25, -0.2) is 8.42 Å². The number of hydrogen-bond acceptors (Lipinski definition) is 5. The molecule has 0 amide bonds. The van der Waals surface area contributed by atoms with Crippen molar-refractivity contribution in [2.45, 2.75) is 18.4 Å². The van der Waals surface area contributed by atoms with Crippen molar-refractivity contribution in [1.29, 1.82) is 0 Å². The van der Waals surface area contributed by atoms with Crippen molar-refractivity contribution in [2.75, 3.05) is 23.7 Å². The molecule has 0 unspecified atom stereocenters. The molecule has 114 valence electrons. The molecule has 21 heavy (non-hydrogen) atoms. The van der Waals surface area contributed by atoms with E-state index in [1.165, 1.54) is 11.3 Å². The average molecular weight is 326 g/mol. The summed E-state index contributed by atoms with van der Waals surface area (Å²) in [6.45, 7) is 1.44. The van der Waals surface area contributed by atoms with E-state index in [1.807, 2.05) is 25.1 Å². The number of thiophene rings is 1. The van der Waals surface area contributed by atoms with Crippen LogP contribution in [0.4, 0.5) is 11.4 Å². The van der Waals surface area contributed by atoms with Crippen molar-refractivity contribution >= 4 is 32.7 Å². The number of sulfonamides is 1. The van der Waals surface area contributed by atoms with Crippen LogP contribution in [0.25, 0.3) is 0 Å². The van der Waals surface area contributed by atoms with Gasteiger partial charge >= 0.3 is 0 Å². The Morgan fingerprint density at radius 1 is 1.33 bits per heavy atom. The van der Waals surface area contributed by atoms with Crippen LogP contribution < -0.4 is 9.62 Å². The Bertz CT molecular complexity index is 736. The zero-order valence-electron chi connectivity index (χ0n) is 12.1. The highest BCUT2D eigenvalue weighted by Gasteiger charge is 2.22. The highest BCUT2D eigenvalue weighted by atomic mass is 32.2. The summed E-state index contributed by atoms with van der Waals surface area (Å²) in [6.07, 6.45) is 0. The first-order valence-corrected chi connectivity index (χ1v) is 8.69. The quantitative estimate of drug-likeness (QED) is 0.885. The smallest absolute Gasteiger partial charge is 0.263 e. The molecule has 0 radical (unpaired) electrons. The second-order valence-electron chi connectivity index (χ2n) is 4.88. The summed E-state index contributed by atoms with van der Waals surface area (Å²) in [7, 11) is 0.0748. The zero-order valence-corrected chi connectivity index (χ0v) is 13.8. The van der Waals surface area contributed by atoms with E-state index in [1.54, 1.807) is 30.5 Å². The van der Waals surface area contributed by atoms with Gasteiger partial charge in [0, 0.05) is 19.8 Å². The van der Waals surface area contributed by atoms with Crippen LogP contribution in [0.15, 0.2) is 34.5 Å². The van der Waals surface area contributed by atoms with Gasteiger partial charge in [0.2, 0.25) is 0 Å². The molecule has 0 bridgehead atoms. The Kier molecular flexibility index (Phi) is 4.55. The summed E-state index contributed by atoms with van der Waals surface area (Å²) in [5, 5.41) is 11.0. The van der Waals surface area contributed by atoms with E-state index >= 15 is 0 Å². The fraction of sp³-hybridized carbons (Fsp3) is 0.286. The van der Waals surface area contributed by atoms with Crippen molar-refractivity contribution < 1.29 is 13.5 Å². The van der Waals surface area contributed by atoms with Crippen LogP contribution in [-0.4, -0.2) is 27.6 Å². The molecular formula is C14H18N2O3S2. The Morgan fingerprint density at radius 3 is 2.67 bits per heavy atom. The third kappa shape index (κ3) is 3.37. The van der Waals surface area contributed by atoms with E-state index in [-0.39, 0.29) is 11.5 Å². The van der Waals surface area contributed by atoms with Gasteiger partial charge in [-0.2, -0.15) is 0 Å². The minimum Gasteiger partial charge on any atom is -0.391 e. The number of aryl methyl sites for hydroxylation is 1. The molecule has 1 heterocycles. The summed E-state index contributed by atoms with van der Waals surface area (Å²) in [4.78, 5) is 2.52. The van der Waals surface area contributed by atoms with Gasteiger partial charge < -0.3 is 10.0 Å². The maximum absolute atomic E-state index is 12.5. The average Bonchev–Trinajstić information content (AvgIpc) is 2.80. The Morgan fingerprint density at radius 2 is 2.05 bits per heavy atom. The summed E-state index contributed by atoms with van der Waals surface area (Å²) in [5.74, 6) is 0. The standard InChI is InChI=1S/C14H18N2O3S2/c1-10-9-20-13(8-17)14(10)21(18,19)15-11-5-4-6-12(7-11)16(2)3/h4-7,9,15,17H,8H2,1-3H3. The van der Waals surface area contributed by atoms with E-state index < -0.39 is 10.0 Å². The molecular weight excluding hydrogens is 308 g/mol. The minimum absolute atomic E-state index is 0.172. The molecule has 0 aliphatic carbocycles. The lowest BCUT2D eigenvalue weighted by Crippen LogP contribution is -2.15. The third-order valence-corrected chi connectivity index (χ3v) is 5.85. The van der Waals surface area contributed by atoms with E-state index in [0.717, 1.165) is 5.69 Å². The molecule has 0 saturated heterocycles. The molecule has 0 fully saturated rings. The zero-order chi connectivity index (χ0) is 15.6. The Labute approximate surface area is 128 Å². The van der Waals surface area contributed by atoms with Gasteiger partial charge in [-0.3, -0.25) is 4.72 Å². The molecule has 2 aromatic rings. The van der Waals surface area contributed by atoms with Crippen molar-refractivity contribution in [1.82, 2.24) is 0 Å². The third-order valence-electron chi connectivity index (χ3n) is 3.02. The van der Waals surface area contributed by atoms with Gasteiger partial charge in [0.05, 0.1) is 17.2 Å². The van der Waals surface area contributed by atoms with Gasteiger partial charge in [0.1, 0.15) is 4.90 Å². The monoisotopic (exact) mass is 326 g/mol. The van der Waals surface area contributed by atoms with Crippen LogP contribution in [0.2, 0.25) is 0 Å². The van der Waals surface area contributed by atoms with Crippen LogP contribution in [0, 0.1) is 6.92 Å². The van der Waals surface area contributed by atoms with Crippen LogP contribution >= 0.6 is 11.3 Å². The number of aliphatic hydroxyl groups excluding tert-OH is 1. The van der Waals surface area contributed by atoms with Crippen LogP contribution in [0.3, 0.4) is 0 Å². The minimum atomic E-state index is -3.70. The van der Waals surface area contributed by atoms with E-state index in [4.69, 9.17) is 0 Å². The first-order valence-electron chi connectivity index (χ1n) is 6.33. The second kappa shape index (κ2) is 6.05. The first-order chi connectivity index (χ1) is 9.85. The normalized spacial score (nSPS) is 11.4. The molecule has 0 atom stereocenters. The molecule has 0 spiro atoms. The van der Waals surface area contributed by atoms with Crippen LogP contribution in [0.5, 0.6) is 0 Å². The fourth-order valence-electron chi connectivity index (χ4n) is 2.01. The molecule has 0 aliphatic rings. The summed E-state index contributed by atoms with van der Waals surface area (Å²) >= 11 is 1.24. The number of aliphatic hydroxyl groups is 1. The van der Waals surface area contributed by atoms with Gasteiger partial charge in [0.25, 0.3) is 10.0 Å². The molecule has 5 nitrogen and oxygen atoms in total. The largest absolute Gasteiger partial charge is 0.391 e. The predicted octanol–water partition coefficient (Wildman–Crippen LogP) is 2.42. The molecule has 2 N–H and O–H groups in total. The number of rotatable bonds is 5. The van der Waals surface area contributed by atoms with Gasteiger partial charge in [-0.05, 0) is 36.1 Å². The number of nitrogens with one attached hydrogen (secondary N) is 1. The van der Waals surface area contributed by atoms with E-state index in [2.05, 4.69) is 4.72 Å². The molecule has 2 rings (SSSR count). The molecule has 0 aliphatic heterocycles. The Hall–Kier alpha value is -1.57. The highest BCUT2D eigenvalue weighted by Crippen LogP contribution is 2.29. The Balaban J connectivity index is 2.38. The lowest BCUT2D eigenvalue weighted by Gasteiger charge is -2.15. The summed E-state index contributed by atoms with van der Waals surface area (Å²) in [6, 6.07) is 7.15. The number of anilines is 2. The van der Waals surface area contributed by atoms with Crippen molar-refractivity contribution in [3.63, 3.8) is 0 Å². The lowest BCUT2D eigenvalue weighted by molar-refractivity contribution is 0.282. The lowest BCUT2D eigenvalue weighted by atomic mass is 10.3. The van der Waals surface area contributed by atoms with E-state index in [0.29, 0.717) is 16.1 Å². The molecule has 0 saturated carbocycles. The maximum Gasteiger partial charge on any atom is 0.263 e. The maximum atomic E-state index is 12.5. The van der Waals surface area contributed by atoms with Gasteiger partial charge in [-0.15, -0.1) is 11.3 Å². The van der Waals surface area contributed by atoms with Crippen molar-refractivity contribution in [3.05, 3.63) is 40.1 Å². The number of nitrogens with zero attached hydrogens (tertiary/aromatic N) is 1. The second-order valence-corrected chi connectivity index (χ2v) is 7.46. The topological polar surface area (TPSA) is 69.6 Å². The summed E-state index contributed by atoms with van der Waals surface area (Å²) < 4.78 is 27.6.